The molecule has 0 radical (unpaired) electrons. The quantitative estimate of drug-likeness (QED) is 0.660. The smallest absolute Gasteiger partial charge is 0.0896 e. The lowest BCUT2D eigenvalue weighted by atomic mass is 9.97. The molecule has 0 bridgehead atoms. The molecule has 0 fully saturated rings. The van der Waals surface area contributed by atoms with Crippen LogP contribution in [0.2, 0.25) is 5.02 Å². The van der Waals surface area contributed by atoms with Gasteiger partial charge in [0.15, 0.2) is 0 Å². The Hall–Kier alpha value is -1.36. The van der Waals surface area contributed by atoms with E-state index in [0.717, 1.165) is 11.3 Å². The molecular weight excluding hydrogens is 248 g/mol. The second-order valence-corrected chi connectivity index (χ2v) is 4.87. The zero-order chi connectivity index (χ0) is 13.3. The third-order valence-corrected chi connectivity index (χ3v) is 3.41. The molecule has 96 valence electrons. The topological polar surface area (TPSA) is 55.9 Å². The SMILES string of the molecule is Cc1ccc(C)c(C(NN)c2c(Cl)cnn2C)c1. The molecule has 1 atom stereocenters. The number of aryl methyl sites for hydroxylation is 3. The normalized spacial score (nSPS) is 12.7. The Morgan fingerprint density at radius 1 is 1.39 bits per heavy atom. The van der Waals surface area contributed by atoms with Crippen LogP contribution in [0.3, 0.4) is 0 Å². The first-order chi connectivity index (χ1) is 8.54. The predicted octanol–water partition coefficient (Wildman–Crippen LogP) is 2.24. The van der Waals surface area contributed by atoms with Gasteiger partial charge in [0.2, 0.25) is 0 Å². The standard InChI is InChI=1S/C13H17ClN4/c1-8-4-5-9(2)10(6-8)12(17-15)13-11(14)7-16-18(13)3/h4-7,12,17H,15H2,1-3H3. The van der Waals surface area contributed by atoms with Gasteiger partial charge < -0.3 is 0 Å². The van der Waals surface area contributed by atoms with Crippen LogP contribution in [-0.2, 0) is 7.05 Å². The fourth-order valence-electron chi connectivity index (χ4n) is 2.13. The molecule has 2 aromatic rings. The Bertz CT molecular complexity index is 543. The van der Waals surface area contributed by atoms with Gasteiger partial charge in [0, 0.05) is 7.05 Å². The summed E-state index contributed by atoms with van der Waals surface area (Å²) in [6, 6.07) is 6.12. The van der Waals surface area contributed by atoms with Gasteiger partial charge in [0.25, 0.3) is 0 Å². The first-order valence-corrected chi connectivity index (χ1v) is 6.13. The van der Waals surface area contributed by atoms with Gasteiger partial charge in [-0.25, -0.2) is 5.43 Å². The lowest BCUT2D eigenvalue weighted by Gasteiger charge is -2.20. The van der Waals surface area contributed by atoms with Crippen molar-refractivity contribution in [2.24, 2.45) is 12.9 Å². The second kappa shape index (κ2) is 5.10. The molecule has 3 N–H and O–H groups in total. The minimum atomic E-state index is -0.162. The van der Waals surface area contributed by atoms with Gasteiger partial charge >= 0.3 is 0 Å². The van der Waals surface area contributed by atoms with E-state index in [1.165, 1.54) is 11.1 Å². The van der Waals surface area contributed by atoms with E-state index in [1.54, 1.807) is 10.9 Å². The summed E-state index contributed by atoms with van der Waals surface area (Å²) in [5.74, 6) is 5.70. The minimum Gasteiger partial charge on any atom is -0.271 e. The first-order valence-electron chi connectivity index (χ1n) is 5.75. The van der Waals surface area contributed by atoms with E-state index >= 15 is 0 Å². The molecule has 0 aliphatic carbocycles. The van der Waals surface area contributed by atoms with E-state index in [2.05, 4.69) is 42.6 Å². The third kappa shape index (κ3) is 2.27. The van der Waals surface area contributed by atoms with Crippen molar-refractivity contribution < 1.29 is 0 Å². The molecule has 0 aliphatic rings. The van der Waals surface area contributed by atoms with Crippen LogP contribution in [0.25, 0.3) is 0 Å². The van der Waals surface area contributed by atoms with Crippen LogP contribution in [0.1, 0.15) is 28.4 Å². The first kappa shape index (κ1) is 13.1. The molecule has 1 heterocycles. The van der Waals surface area contributed by atoms with Gasteiger partial charge in [-0.3, -0.25) is 10.5 Å². The molecular formula is C13H17ClN4. The predicted molar refractivity (Wildman–Crippen MR) is 73.3 cm³/mol. The number of halogens is 1. The van der Waals surface area contributed by atoms with Crippen LogP contribution in [0.4, 0.5) is 0 Å². The number of benzene rings is 1. The molecule has 1 unspecified atom stereocenters. The summed E-state index contributed by atoms with van der Waals surface area (Å²) < 4.78 is 1.74. The van der Waals surface area contributed by atoms with Gasteiger partial charge in [-0.2, -0.15) is 5.10 Å². The summed E-state index contributed by atoms with van der Waals surface area (Å²) in [5.41, 5.74) is 7.16. The van der Waals surface area contributed by atoms with Crippen molar-refractivity contribution in [3.63, 3.8) is 0 Å². The molecule has 1 aromatic carbocycles. The molecule has 18 heavy (non-hydrogen) atoms. The van der Waals surface area contributed by atoms with Gasteiger partial charge in [0.1, 0.15) is 0 Å². The summed E-state index contributed by atoms with van der Waals surface area (Å²) in [7, 11) is 1.86. The molecule has 5 heteroatoms. The van der Waals surface area contributed by atoms with Gasteiger partial charge in [0.05, 0.1) is 23.0 Å². The summed E-state index contributed by atoms with van der Waals surface area (Å²) in [4.78, 5) is 0. The highest BCUT2D eigenvalue weighted by molar-refractivity contribution is 6.31. The fourth-order valence-corrected chi connectivity index (χ4v) is 2.41. The van der Waals surface area contributed by atoms with Crippen LogP contribution >= 0.6 is 11.6 Å². The highest BCUT2D eigenvalue weighted by Crippen LogP contribution is 2.29. The Balaban J connectivity index is 2.55. The average Bonchev–Trinajstić information content (AvgIpc) is 2.66. The number of nitrogens with one attached hydrogen (secondary N) is 1. The number of rotatable bonds is 3. The van der Waals surface area contributed by atoms with Crippen molar-refractivity contribution in [1.29, 1.82) is 0 Å². The Morgan fingerprint density at radius 2 is 2.11 bits per heavy atom. The largest absolute Gasteiger partial charge is 0.271 e. The van der Waals surface area contributed by atoms with E-state index in [-0.39, 0.29) is 6.04 Å². The Kier molecular flexibility index (Phi) is 3.71. The Morgan fingerprint density at radius 3 is 2.67 bits per heavy atom. The number of nitrogens with zero attached hydrogens (tertiary/aromatic N) is 2. The highest BCUT2D eigenvalue weighted by atomic mass is 35.5. The van der Waals surface area contributed by atoms with Crippen LogP contribution in [0.5, 0.6) is 0 Å². The van der Waals surface area contributed by atoms with Crippen LogP contribution < -0.4 is 11.3 Å². The molecule has 0 amide bonds. The molecule has 0 aliphatic heterocycles. The van der Waals surface area contributed by atoms with Crippen molar-refractivity contribution in [2.75, 3.05) is 0 Å². The monoisotopic (exact) mass is 264 g/mol. The summed E-state index contributed by atoms with van der Waals surface area (Å²) in [6.07, 6.45) is 1.63. The number of nitrogens with two attached hydrogens (primary N) is 1. The van der Waals surface area contributed by atoms with Gasteiger partial charge in [-0.1, -0.05) is 35.4 Å². The zero-order valence-electron chi connectivity index (χ0n) is 10.7. The van der Waals surface area contributed by atoms with E-state index in [0.29, 0.717) is 5.02 Å². The summed E-state index contributed by atoms with van der Waals surface area (Å²) in [6.45, 7) is 4.12. The van der Waals surface area contributed by atoms with Crippen molar-refractivity contribution >= 4 is 11.6 Å². The number of hydrogen-bond acceptors (Lipinski definition) is 3. The Labute approximate surface area is 112 Å². The fraction of sp³-hybridized carbons (Fsp3) is 0.308. The molecule has 0 spiro atoms. The second-order valence-electron chi connectivity index (χ2n) is 4.46. The molecule has 0 saturated carbocycles. The third-order valence-electron chi connectivity index (χ3n) is 3.12. The molecule has 2 rings (SSSR count). The van der Waals surface area contributed by atoms with Gasteiger partial charge in [-0.05, 0) is 25.0 Å². The maximum Gasteiger partial charge on any atom is 0.0896 e. The van der Waals surface area contributed by atoms with Crippen LogP contribution in [0, 0.1) is 13.8 Å². The molecule has 4 nitrogen and oxygen atoms in total. The lowest BCUT2D eigenvalue weighted by molar-refractivity contribution is 0.573. The van der Waals surface area contributed by atoms with Crippen molar-refractivity contribution in [3.8, 4) is 0 Å². The van der Waals surface area contributed by atoms with Crippen molar-refractivity contribution in [1.82, 2.24) is 15.2 Å². The van der Waals surface area contributed by atoms with E-state index in [1.807, 2.05) is 7.05 Å². The maximum absolute atomic E-state index is 6.18. The van der Waals surface area contributed by atoms with Crippen molar-refractivity contribution in [3.05, 3.63) is 51.8 Å². The van der Waals surface area contributed by atoms with Crippen molar-refractivity contribution in [2.45, 2.75) is 19.9 Å². The maximum atomic E-state index is 6.18. The zero-order valence-corrected chi connectivity index (χ0v) is 11.5. The van der Waals surface area contributed by atoms with E-state index in [4.69, 9.17) is 17.4 Å². The summed E-state index contributed by atoms with van der Waals surface area (Å²) in [5, 5.41) is 4.76. The van der Waals surface area contributed by atoms with E-state index in [9.17, 15) is 0 Å². The molecule has 1 aromatic heterocycles. The number of hydrazine groups is 1. The number of hydrogen-bond donors (Lipinski definition) is 2. The van der Waals surface area contributed by atoms with Crippen LogP contribution in [0.15, 0.2) is 24.4 Å². The average molecular weight is 265 g/mol. The highest BCUT2D eigenvalue weighted by Gasteiger charge is 2.21. The summed E-state index contributed by atoms with van der Waals surface area (Å²) >= 11 is 6.18. The van der Waals surface area contributed by atoms with E-state index < -0.39 is 0 Å². The minimum absolute atomic E-state index is 0.162. The van der Waals surface area contributed by atoms with Crippen LogP contribution in [-0.4, -0.2) is 9.78 Å². The molecule has 0 saturated heterocycles. The number of aromatic nitrogens is 2. The van der Waals surface area contributed by atoms with Gasteiger partial charge in [-0.15, -0.1) is 0 Å². The lowest BCUT2D eigenvalue weighted by Crippen LogP contribution is -2.31.